The molecule has 7 nitrogen and oxygen atoms in total. The number of benzene rings is 3. The highest BCUT2D eigenvalue weighted by molar-refractivity contribution is 7.89. The first-order valence-electron chi connectivity index (χ1n) is 11.2. The summed E-state index contributed by atoms with van der Waals surface area (Å²) < 4.78 is 37.3. The van der Waals surface area contributed by atoms with Crippen molar-refractivity contribution in [1.82, 2.24) is 4.31 Å². The number of esters is 1. The van der Waals surface area contributed by atoms with Gasteiger partial charge in [0.2, 0.25) is 10.0 Å². The van der Waals surface area contributed by atoms with Crippen LogP contribution in [0, 0.1) is 0 Å². The van der Waals surface area contributed by atoms with Crippen LogP contribution in [0.15, 0.2) is 86.9 Å². The molecular formula is C27H25NO6S. The fraction of sp³-hybridized carbons (Fsp3) is 0.185. The van der Waals surface area contributed by atoms with Gasteiger partial charge in [0.25, 0.3) is 0 Å². The van der Waals surface area contributed by atoms with E-state index in [-0.39, 0.29) is 11.5 Å². The Balaban J connectivity index is 1.50. The zero-order valence-corrected chi connectivity index (χ0v) is 20.2. The van der Waals surface area contributed by atoms with Crippen LogP contribution in [-0.4, -0.2) is 31.8 Å². The van der Waals surface area contributed by atoms with E-state index in [1.807, 2.05) is 30.3 Å². The van der Waals surface area contributed by atoms with E-state index in [0.29, 0.717) is 29.8 Å². The molecule has 1 aromatic heterocycles. The molecule has 0 N–H and O–H groups in total. The molecular weight excluding hydrogens is 466 g/mol. The Labute approximate surface area is 203 Å². The molecule has 0 fully saturated rings. The number of carbonyl (C=O) groups is 1. The second kappa shape index (κ2) is 10.2. The number of hydrogen-bond acceptors (Lipinski definition) is 6. The van der Waals surface area contributed by atoms with E-state index < -0.39 is 21.6 Å². The average Bonchev–Trinajstić information content (AvgIpc) is 2.86. The fourth-order valence-electron chi connectivity index (χ4n) is 3.96. The Morgan fingerprint density at radius 1 is 1.00 bits per heavy atom. The van der Waals surface area contributed by atoms with Gasteiger partial charge < -0.3 is 9.15 Å². The number of hydrogen-bond donors (Lipinski definition) is 0. The molecule has 4 rings (SSSR count). The predicted octanol–water partition coefficient (Wildman–Crippen LogP) is 4.73. The Kier molecular flexibility index (Phi) is 7.14. The Morgan fingerprint density at radius 2 is 1.71 bits per heavy atom. The summed E-state index contributed by atoms with van der Waals surface area (Å²) in [6.07, 6.45) is 2.81. The van der Waals surface area contributed by atoms with E-state index in [2.05, 4.69) is 0 Å². The van der Waals surface area contributed by atoms with Crippen LogP contribution in [0.5, 0.6) is 0 Å². The van der Waals surface area contributed by atoms with E-state index in [9.17, 15) is 18.0 Å². The highest BCUT2D eigenvalue weighted by Crippen LogP contribution is 2.27. The summed E-state index contributed by atoms with van der Waals surface area (Å²) in [5.41, 5.74) is 1.12. The maximum absolute atomic E-state index is 12.6. The van der Waals surface area contributed by atoms with Crippen LogP contribution in [0.1, 0.15) is 25.0 Å². The highest BCUT2D eigenvalue weighted by atomic mass is 32.2. The van der Waals surface area contributed by atoms with Crippen LogP contribution in [-0.2, 0) is 26.2 Å². The summed E-state index contributed by atoms with van der Waals surface area (Å²) in [5, 5.41) is 2.60. The second-order valence-electron chi connectivity index (χ2n) is 7.85. The van der Waals surface area contributed by atoms with E-state index in [1.165, 1.54) is 28.6 Å². The number of ether oxygens (including phenoxy) is 1. The summed E-state index contributed by atoms with van der Waals surface area (Å²) in [4.78, 5) is 24.6. The number of sulfonamides is 1. The van der Waals surface area contributed by atoms with Crippen molar-refractivity contribution in [3.8, 4) is 0 Å². The van der Waals surface area contributed by atoms with Gasteiger partial charge in [-0.1, -0.05) is 56.3 Å². The molecule has 0 aliphatic heterocycles. The molecule has 3 aromatic carbocycles. The lowest BCUT2D eigenvalue weighted by molar-refractivity contribution is -0.138. The van der Waals surface area contributed by atoms with Gasteiger partial charge in [-0.05, 0) is 40.6 Å². The SMILES string of the molecule is CCN(CC)S(=O)(=O)c1ccc(C=CC(=O)OCc2cc(=O)oc3ccc4ccccc4c23)cc1. The van der Waals surface area contributed by atoms with E-state index >= 15 is 0 Å². The Bertz CT molecular complexity index is 1570. The molecule has 0 aliphatic carbocycles. The molecule has 1 heterocycles. The van der Waals surface area contributed by atoms with Crippen molar-refractivity contribution in [2.24, 2.45) is 0 Å². The lowest BCUT2D eigenvalue weighted by atomic mass is 10.0. The summed E-state index contributed by atoms with van der Waals surface area (Å²) in [6.45, 7) is 4.26. The lowest BCUT2D eigenvalue weighted by Crippen LogP contribution is -2.30. The molecule has 0 spiro atoms. The minimum atomic E-state index is -3.54. The van der Waals surface area contributed by atoms with Crippen LogP contribution in [0.25, 0.3) is 27.8 Å². The van der Waals surface area contributed by atoms with Crippen molar-refractivity contribution in [3.63, 3.8) is 0 Å². The molecule has 0 saturated heterocycles. The van der Waals surface area contributed by atoms with Gasteiger partial charge in [0.1, 0.15) is 12.2 Å². The van der Waals surface area contributed by atoms with Gasteiger partial charge in [0.05, 0.1) is 4.90 Å². The van der Waals surface area contributed by atoms with Gasteiger partial charge in [-0.25, -0.2) is 18.0 Å². The minimum absolute atomic E-state index is 0.0969. The molecule has 0 bridgehead atoms. The third-order valence-corrected chi connectivity index (χ3v) is 7.78. The molecule has 0 aliphatic rings. The monoisotopic (exact) mass is 491 g/mol. The molecule has 0 saturated carbocycles. The number of rotatable bonds is 8. The molecule has 180 valence electrons. The van der Waals surface area contributed by atoms with Crippen LogP contribution in [0.3, 0.4) is 0 Å². The number of fused-ring (bicyclic) bond motifs is 3. The van der Waals surface area contributed by atoms with Gasteiger partial charge in [0, 0.05) is 36.2 Å². The Hall–Kier alpha value is -3.75. The first-order valence-corrected chi connectivity index (χ1v) is 12.7. The minimum Gasteiger partial charge on any atom is -0.458 e. The van der Waals surface area contributed by atoms with Crippen molar-refractivity contribution < 1.29 is 22.4 Å². The topological polar surface area (TPSA) is 93.9 Å². The van der Waals surface area contributed by atoms with E-state index in [4.69, 9.17) is 9.15 Å². The molecule has 4 aromatic rings. The van der Waals surface area contributed by atoms with Gasteiger partial charge >= 0.3 is 11.6 Å². The van der Waals surface area contributed by atoms with Crippen LogP contribution < -0.4 is 5.63 Å². The van der Waals surface area contributed by atoms with Crippen molar-refractivity contribution in [1.29, 1.82) is 0 Å². The first-order chi connectivity index (χ1) is 16.8. The third-order valence-electron chi connectivity index (χ3n) is 5.72. The van der Waals surface area contributed by atoms with Crippen LogP contribution in [0.2, 0.25) is 0 Å². The van der Waals surface area contributed by atoms with Crippen molar-refractivity contribution in [3.05, 3.63) is 94.4 Å². The van der Waals surface area contributed by atoms with Gasteiger partial charge in [0.15, 0.2) is 0 Å². The maximum atomic E-state index is 12.6. The molecule has 8 heteroatoms. The summed E-state index contributed by atoms with van der Waals surface area (Å²) >= 11 is 0. The van der Waals surface area contributed by atoms with Crippen LogP contribution in [0.4, 0.5) is 0 Å². The number of carbonyl (C=O) groups excluding carboxylic acids is 1. The van der Waals surface area contributed by atoms with Gasteiger partial charge in [-0.3, -0.25) is 0 Å². The summed E-state index contributed by atoms with van der Waals surface area (Å²) in [6, 6.07) is 18.9. The second-order valence-corrected chi connectivity index (χ2v) is 9.79. The zero-order valence-electron chi connectivity index (χ0n) is 19.4. The van der Waals surface area contributed by atoms with Crippen molar-refractivity contribution in [2.45, 2.75) is 25.3 Å². The van der Waals surface area contributed by atoms with Crippen molar-refractivity contribution in [2.75, 3.05) is 13.1 Å². The van der Waals surface area contributed by atoms with Crippen molar-refractivity contribution >= 4 is 43.8 Å². The summed E-state index contributed by atoms with van der Waals surface area (Å²) in [7, 11) is -3.54. The normalized spacial score (nSPS) is 12.1. The number of nitrogens with zero attached hydrogens (tertiary/aromatic N) is 1. The molecule has 0 amide bonds. The standard InChI is InChI=1S/C27H25NO6S/c1-3-28(4-2)35(31,32)22-13-9-19(10-14-22)11-16-25(29)33-18-21-17-26(30)34-24-15-12-20-7-5-6-8-23(20)27(21)24/h5-17H,3-4,18H2,1-2H3. The Morgan fingerprint density at radius 3 is 2.43 bits per heavy atom. The predicted molar refractivity (Wildman–Crippen MR) is 135 cm³/mol. The summed E-state index contributed by atoms with van der Waals surface area (Å²) in [5.74, 6) is -0.591. The molecule has 35 heavy (non-hydrogen) atoms. The molecule has 0 radical (unpaired) electrons. The largest absolute Gasteiger partial charge is 0.458 e. The first kappa shape index (κ1) is 24.4. The maximum Gasteiger partial charge on any atom is 0.336 e. The quantitative estimate of drug-likeness (QED) is 0.153. The third kappa shape index (κ3) is 5.18. The lowest BCUT2D eigenvalue weighted by Gasteiger charge is -2.18. The molecule has 0 atom stereocenters. The van der Waals surface area contributed by atoms with Crippen LogP contribution >= 0.6 is 0 Å². The highest BCUT2D eigenvalue weighted by Gasteiger charge is 2.21. The van der Waals surface area contributed by atoms with Gasteiger partial charge in [-0.15, -0.1) is 0 Å². The smallest absolute Gasteiger partial charge is 0.336 e. The van der Waals surface area contributed by atoms with E-state index in [0.717, 1.165) is 16.2 Å². The molecule has 0 unspecified atom stereocenters. The van der Waals surface area contributed by atoms with E-state index in [1.54, 1.807) is 38.1 Å². The average molecular weight is 492 g/mol. The zero-order chi connectivity index (χ0) is 25.0. The fourth-order valence-corrected chi connectivity index (χ4v) is 5.42. The van der Waals surface area contributed by atoms with Gasteiger partial charge in [-0.2, -0.15) is 4.31 Å².